The predicted molar refractivity (Wildman–Crippen MR) is 62.3 cm³/mol. The number of halogens is 3. The van der Waals surface area contributed by atoms with E-state index in [-0.39, 0.29) is 6.61 Å². The molecule has 1 aromatic carbocycles. The van der Waals surface area contributed by atoms with Crippen molar-refractivity contribution in [2.24, 2.45) is 0 Å². The van der Waals surface area contributed by atoms with Crippen molar-refractivity contribution in [3.8, 4) is 5.75 Å². The molecule has 0 N–H and O–H groups in total. The monoisotopic (exact) mass is 266 g/mol. The van der Waals surface area contributed by atoms with Crippen LogP contribution in [0.3, 0.4) is 0 Å². The van der Waals surface area contributed by atoms with Crippen molar-refractivity contribution >= 4 is 40.0 Å². The molecule has 1 rings (SSSR count). The first kappa shape index (κ1) is 12.6. The van der Waals surface area contributed by atoms with Crippen LogP contribution >= 0.6 is 34.8 Å². The minimum absolute atomic E-state index is 0.205. The quantitative estimate of drug-likeness (QED) is 0.780. The Morgan fingerprint density at radius 1 is 1.27 bits per heavy atom. The molecule has 2 nitrogen and oxygen atoms in total. The highest BCUT2D eigenvalue weighted by Gasteiger charge is 2.12. The second-order valence-corrected chi connectivity index (χ2v) is 4.30. The van der Waals surface area contributed by atoms with E-state index in [4.69, 9.17) is 39.5 Å². The number of hydrogen-bond donors (Lipinski definition) is 0. The molecule has 0 aliphatic carbocycles. The zero-order valence-corrected chi connectivity index (χ0v) is 10.5. The summed E-state index contributed by atoms with van der Waals surface area (Å²) in [5, 5.41) is 0.376. The first-order valence-electron chi connectivity index (χ1n) is 4.19. The van der Waals surface area contributed by atoms with Gasteiger partial charge < -0.3 is 4.74 Å². The van der Waals surface area contributed by atoms with Crippen LogP contribution in [0.2, 0.25) is 10.0 Å². The van der Waals surface area contributed by atoms with E-state index in [1.807, 2.05) is 13.8 Å². The molecule has 0 unspecified atom stereocenters. The minimum Gasteiger partial charge on any atom is -0.483 e. The Bertz CT molecular complexity index is 402. The van der Waals surface area contributed by atoms with Crippen LogP contribution in [-0.4, -0.2) is 11.8 Å². The summed E-state index contributed by atoms with van der Waals surface area (Å²) in [5.74, 6) is 0.451. The highest BCUT2D eigenvalue weighted by molar-refractivity contribution is 6.63. The lowest BCUT2D eigenvalue weighted by atomic mass is 10.1. The van der Waals surface area contributed by atoms with Crippen LogP contribution in [0.15, 0.2) is 6.07 Å². The maximum Gasteiger partial charge on any atom is 0.259 e. The van der Waals surface area contributed by atoms with Crippen molar-refractivity contribution < 1.29 is 9.53 Å². The molecule has 0 amide bonds. The van der Waals surface area contributed by atoms with E-state index in [9.17, 15) is 4.79 Å². The summed E-state index contributed by atoms with van der Waals surface area (Å²) in [5.41, 5.74) is 1.68. The summed E-state index contributed by atoms with van der Waals surface area (Å²) in [6, 6.07) is 1.58. The van der Waals surface area contributed by atoms with Gasteiger partial charge in [0, 0.05) is 5.02 Å². The third kappa shape index (κ3) is 3.00. The number of carbonyl (C=O) groups is 1. The number of carbonyl (C=O) groups excluding carboxylic acids is 1. The van der Waals surface area contributed by atoms with Gasteiger partial charge in [0.05, 0.1) is 5.02 Å². The number of hydrogen-bond acceptors (Lipinski definition) is 2. The maximum absolute atomic E-state index is 10.6. The molecule has 0 aromatic heterocycles. The molecule has 0 bridgehead atoms. The normalized spacial score (nSPS) is 10.2. The Hall–Kier alpha value is -0.440. The summed E-state index contributed by atoms with van der Waals surface area (Å²) in [4.78, 5) is 10.6. The Labute approximate surface area is 103 Å². The van der Waals surface area contributed by atoms with Crippen LogP contribution in [0.4, 0.5) is 0 Å². The van der Waals surface area contributed by atoms with E-state index >= 15 is 0 Å². The van der Waals surface area contributed by atoms with Gasteiger partial charge >= 0.3 is 0 Å². The lowest BCUT2D eigenvalue weighted by Crippen LogP contribution is -2.06. The Balaban J connectivity index is 3.07. The van der Waals surface area contributed by atoms with E-state index in [1.165, 1.54) is 0 Å². The third-order valence-corrected chi connectivity index (χ3v) is 2.84. The zero-order valence-electron chi connectivity index (χ0n) is 8.23. The lowest BCUT2D eigenvalue weighted by molar-refractivity contribution is -0.113. The van der Waals surface area contributed by atoms with E-state index < -0.39 is 5.24 Å². The van der Waals surface area contributed by atoms with Crippen LogP contribution < -0.4 is 4.74 Å². The summed E-state index contributed by atoms with van der Waals surface area (Å²) < 4.78 is 5.19. The second kappa shape index (κ2) is 5.06. The molecule has 5 heteroatoms. The van der Waals surface area contributed by atoms with Gasteiger partial charge in [0.25, 0.3) is 5.24 Å². The summed E-state index contributed by atoms with van der Waals surface area (Å²) in [6.07, 6.45) is 0. The van der Waals surface area contributed by atoms with Crippen molar-refractivity contribution in [3.63, 3.8) is 0 Å². The zero-order chi connectivity index (χ0) is 11.6. The highest BCUT2D eigenvalue weighted by Crippen LogP contribution is 2.35. The first-order valence-corrected chi connectivity index (χ1v) is 5.33. The number of rotatable bonds is 3. The van der Waals surface area contributed by atoms with Crippen LogP contribution in [0.25, 0.3) is 0 Å². The number of ether oxygens (including phenoxy) is 1. The van der Waals surface area contributed by atoms with Gasteiger partial charge in [-0.15, -0.1) is 0 Å². The number of benzene rings is 1. The molecule has 0 spiro atoms. The van der Waals surface area contributed by atoms with E-state index in [1.54, 1.807) is 6.07 Å². The molecule has 0 aliphatic rings. The van der Waals surface area contributed by atoms with E-state index in [2.05, 4.69) is 0 Å². The van der Waals surface area contributed by atoms with E-state index in [0.29, 0.717) is 15.8 Å². The van der Waals surface area contributed by atoms with Crippen molar-refractivity contribution in [2.45, 2.75) is 13.8 Å². The molecule has 0 radical (unpaired) electrons. The van der Waals surface area contributed by atoms with Crippen LogP contribution in [0.5, 0.6) is 5.75 Å². The summed E-state index contributed by atoms with van der Waals surface area (Å²) in [7, 11) is 0. The SMILES string of the molecule is Cc1c(Cl)cc(Cl)c(OCC(=O)Cl)c1C. The van der Waals surface area contributed by atoms with Gasteiger partial charge in [-0.3, -0.25) is 4.79 Å². The summed E-state index contributed by atoms with van der Waals surface area (Å²) in [6.45, 7) is 3.47. The van der Waals surface area contributed by atoms with Crippen molar-refractivity contribution in [2.75, 3.05) is 6.61 Å². The fourth-order valence-electron chi connectivity index (χ4n) is 1.12. The largest absolute Gasteiger partial charge is 0.483 e. The smallest absolute Gasteiger partial charge is 0.259 e. The Morgan fingerprint density at radius 2 is 1.87 bits per heavy atom. The second-order valence-electron chi connectivity index (χ2n) is 3.06. The van der Waals surface area contributed by atoms with Gasteiger partial charge in [0.2, 0.25) is 0 Å². The molecule has 0 saturated heterocycles. The molecule has 1 aromatic rings. The fourth-order valence-corrected chi connectivity index (χ4v) is 1.79. The van der Waals surface area contributed by atoms with Crippen molar-refractivity contribution in [3.05, 3.63) is 27.2 Å². The predicted octanol–water partition coefficient (Wildman–Crippen LogP) is 3.75. The average molecular weight is 268 g/mol. The van der Waals surface area contributed by atoms with Gasteiger partial charge in [-0.05, 0) is 42.6 Å². The van der Waals surface area contributed by atoms with Crippen LogP contribution in [0, 0.1) is 13.8 Å². The molecular weight excluding hydrogens is 258 g/mol. The molecule has 15 heavy (non-hydrogen) atoms. The molecule has 0 fully saturated rings. The maximum atomic E-state index is 10.6. The Kier molecular flexibility index (Phi) is 4.26. The molecule has 82 valence electrons. The molecule has 0 saturated carbocycles. The van der Waals surface area contributed by atoms with Crippen LogP contribution in [0.1, 0.15) is 11.1 Å². The molecule has 0 atom stereocenters. The van der Waals surface area contributed by atoms with Gasteiger partial charge in [-0.2, -0.15) is 0 Å². The van der Waals surface area contributed by atoms with Crippen molar-refractivity contribution in [1.29, 1.82) is 0 Å². The minimum atomic E-state index is -0.571. The standard InChI is InChI=1S/C10H9Cl3O2/c1-5-6(2)10(15-4-9(13)14)8(12)3-7(5)11/h3H,4H2,1-2H3. The van der Waals surface area contributed by atoms with Crippen molar-refractivity contribution in [1.82, 2.24) is 0 Å². The molecule has 0 aliphatic heterocycles. The average Bonchev–Trinajstić information content (AvgIpc) is 2.14. The van der Waals surface area contributed by atoms with E-state index in [0.717, 1.165) is 11.1 Å². The molecular formula is C10H9Cl3O2. The lowest BCUT2D eigenvalue weighted by Gasteiger charge is -2.12. The van der Waals surface area contributed by atoms with Gasteiger partial charge in [0.1, 0.15) is 5.75 Å². The fraction of sp³-hybridized carbons (Fsp3) is 0.300. The molecule has 0 heterocycles. The van der Waals surface area contributed by atoms with Gasteiger partial charge in [0.15, 0.2) is 6.61 Å². The Morgan fingerprint density at radius 3 is 2.40 bits per heavy atom. The topological polar surface area (TPSA) is 26.3 Å². The van der Waals surface area contributed by atoms with Gasteiger partial charge in [-0.1, -0.05) is 23.2 Å². The highest BCUT2D eigenvalue weighted by atomic mass is 35.5. The summed E-state index contributed by atoms with van der Waals surface area (Å²) >= 11 is 17.0. The van der Waals surface area contributed by atoms with Crippen LogP contribution in [-0.2, 0) is 4.79 Å². The van der Waals surface area contributed by atoms with Gasteiger partial charge in [-0.25, -0.2) is 0 Å². The third-order valence-electron chi connectivity index (χ3n) is 2.06. The first-order chi connectivity index (χ1) is 6.93.